The normalized spacial score (nSPS) is 11.1. The van der Waals surface area contributed by atoms with Gasteiger partial charge in [0.05, 0.1) is 25.2 Å². The summed E-state index contributed by atoms with van der Waals surface area (Å²) in [6, 6.07) is 15.5. The van der Waals surface area contributed by atoms with Crippen molar-refractivity contribution in [3.05, 3.63) is 59.7 Å². The predicted octanol–water partition coefficient (Wildman–Crippen LogP) is 2.68. The summed E-state index contributed by atoms with van der Waals surface area (Å²) < 4.78 is 10.3. The van der Waals surface area contributed by atoms with E-state index in [1.54, 1.807) is 55.6 Å². The van der Waals surface area contributed by atoms with Gasteiger partial charge in [-0.3, -0.25) is 9.59 Å². The van der Waals surface area contributed by atoms with Crippen LogP contribution in [-0.4, -0.2) is 25.1 Å². The molecule has 0 saturated heterocycles. The van der Waals surface area contributed by atoms with Gasteiger partial charge in [-0.05, 0) is 48.9 Å². The Labute approximate surface area is 146 Å². The molecule has 2 aromatic carbocycles. The van der Waals surface area contributed by atoms with Crippen LogP contribution < -0.4 is 10.1 Å². The minimum absolute atomic E-state index is 0.0473. The van der Waals surface area contributed by atoms with Gasteiger partial charge in [0.2, 0.25) is 0 Å². The summed E-state index contributed by atoms with van der Waals surface area (Å²) in [4.78, 5) is 24.1. The first kappa shape index (κ1) is 18.0. The lowest BCUT2D eigenvalue weighted by atomic mass is 10.1. The fraction of sp³-hybridized carbons (Fsp3) is 0.211. The quantitative estimate of drug-likeness (QED) is 0.818. The van der Waals surface area contributed by atoms with E-state index < -0.39 is 18.0 Å². The molecule has 25 heavy (non-hydrogen) atoms. The van der Waals surface area contributed by atoms with Crippen molar-refractivity contribution in [2.75, 3.05) is 12.4 Å². The third kappa shape index (κ3) is 5.36. The van der Waals surface area contributed by atoms with Crippen LogP contribution in [0, 0.1) is 11.3 Å². The monoisotopic (exact) mass is 338 g/mol. The molecule has 0 spiro atoms. The molecule has 0 aliphatic heterocycles. The van der Waals surface area contributed by atoms with Crippen molar-refractivity contribution in [3.8, 4) is 11.8 Å². The summed E-state index contributed by atoms with van der Waals surface area (Å²) in [5, 5.41) is 11.4. The second kappa shape index (κ2) is 8.50. The Hall–Kier alpha value is -3.33. The number of nitrogens with one attached hydrogen (secondary N) is 1. The van der Waals surface area contributed by atoms with Crippen LogP contribution in [0.3, 0.4) is 0 Å². The molecule has 6 nitrogen and oxygen atoms in total. The molecule has 0 fully saturated rings. The van der Waals surface area contributed by atoms with E-state index in [1.807, 2.05) is 6.07 Å². The molecule has 0 unspecified atom stereocenters. The Balaban J connectivity index is 1.88. The van der Waals surface area contributed by atoms with Crippen LogP contribution in [0.2, 0.25) is 0 Å². The zero-order valence-corrected chi connectivity index (χ0v) is 14.0. The number of carbonyl (C=O) groups is 2. The molecular weight excluding hydrogens is 320 g/mol. The van der Waals surface area contributed by atoms with Gasteiger partial charge in [0.15, 0.2) is 6.10 Å². The Morgan fingerprint density at radius 3 is 2.56 bits per heavy atom. The van der Waals surface area contributed by atoms with Gasteiger partial charge in [-0.1, -0.05) is 12.1 Å². The standard InChI is InChI=1S/C19H18N2O4/c1-13(19(23)21-16-8-6-14(12-20)7-9-16)25-18(22)11-15-4-3-5-17(10-15)24-2/h3-10,13H,11H2,1-2H3,(H,21,23)/t13-/m0/s1. The molecule has 1 N–H and O–H groups in total. The van der Waals surface area contributed by atoms with Crippen molar-refractivity contribution in [1.29, 1.82) is 5.26 Å². The fourth-order valence-corrected chi connectivity index (χ4v) is 2.11. The molecule has 1 amide bonds. The number of nitrogens with zero attached hydrogens (tertiary/aromatic N) is 1. The number of hydrogen-bond donors (Lipinski definition) is 1. The van der Waals surface area contributed by atoms with E-state index in [4.69, 9.17) is 14.7 Å². The average Bonchev–Trinajstić information content (AvgIpc) is 2.62. The lowest BCUT2D eigenvalue weighted by molar-refractivity contribution is -0.152. The molecule has 1 atom stereocenters. The van der Waals surface area contributed by atoms with Crippen molar-refractivity contribution in [2.45, 2.75) is 19.4 Å². The fourth-order valence-electron chi connectivity index (χ4n) is 2.11. The van der Waals surface area contributed by atoms with E-state index in [0.717, 1.165) is 5.56 Å². The van der Waals surface area contributed by atoms with Gasteiger partial charge in [-0.25, -0.2) is 0 Å². The maximum absolute atomic E-state index is 12.1. The Morgan fingerprint density at radius 1 is 1.20 bits per heavy atom. The number of amides is 1. The van der Waals surface area contributed by atoms with Crippen LogP contribution in [0.5, 0.6) is 5.75 Å². The van der Waals surface area contributed by atoms with Gasteiger partial charge in [0.1, 0.15) is 5.75 Å². The molecule has 0 radical (unpaired) electrons. The number of hydrogen-bond acceptors (Lipinski definition) is 5. The van der Waals surface area contributed by atoms with Crippen LogP contribution >= 0.6 is 0 Å². The Bertz CT molecular complexity index is 794. The zero-order valence-electron chi connectivity index (χ0n) is 14.0. The third-order valence-electron chi connectivity index (χ3n) is 3.44. The van der Waals surface area contributed by atoms with Gasteiger partial charge in [-0.15, -0.1) is 0 Å². The molecular formula is C19H18N2O4. The maximum atomic E-state index is 12.1. The van der Waals surface area contributed by atoms with Crippen molar-refractivity contribution >= 4 is 17.6 Å². The molecule has 2 rings (SSSR count). The number of anilines is 1. The number of rotatable bonds is 6. The first-order valence-electron chi connectivity index (χ1n) is 7.65. The average molecular weight is 338 g/mol. The van der Waals surface area contributed by atoms with E-state index in [0.29, 0.717) is 17.0 Å². The summed E-state index contributed by atoms with van der Waals surface area (Å²) in [7, 11) is 1.55. The zero-order chi connectivity index (χ0) is 18.2. The highest BCUT2D eigenvalue weighted by atomic mass is 16.5. The number of esters is 1. The minimum atomic E-state index is -0.936. The van der Waals surface area contributed by atoms with Gasteiger partial charge >= 0.3 is 5.97 Å². The molecule has 0 aliphatic carbocycles. The van der Waals surface area contributed by atoms with E-state index in [9.17, 15) is 9.59 Å². The van der Waals surface area contributed by atoms with Crippen LogP contribution in [0.25, 0.3) is 0 Å². The molecule has 6 heteroatoms. The summed E-state index contributed by atoms with van der Waals surface area (Å²) >= 11 is 0. The minimum Gasteiger partial charge on any atom is -0.497 e. The molecule has 2 aromatic rings. The second-order valence-corrected chi connectivity index (χ2v) is 5.34. The first-order chi connectivity index (χ1) is 12.0. The maximum Gasteiger partial charge on any atom is 0.311 e. The van der Waals surface area contributed by atoms with Gasteiger partial charge in [0, 0.05) is 5.69 Å². The highest BCUT2D eigenvalue weighted by molar-refractivity contribution is 5.95. The van der Waals surface area contributed by atoms with E-state index >= 15 is 0 Å². The number of benzene rings is 2. The SMILES string of the molecule is COc1cccc(CC(=O)O[C@@H](C)C(=O)Nc2ccc(C#N)cc2)c1. The third-order valence-corrected chi connectivity index (χ3v) is 3.44. The molecule has 0 bridgehead atoms. The number of carbonyl (C=O) groups excluding carboxylic acids is 2. The predicted molar refractivity (Wildman–Crippen MR) is 92.0 cm³/mol. The summed E-state index contributed by atoms with van der Waals surface area (Å²) in [5.74, 6) is -0.295. The van der Waals surface area contributed by atoms with Crippen molar-refractivity contribution in [3.63, 3.8) is 0 Å². The van der Waals surface area contributed by atoms with E-state index in [-0.39, 0.29) is 6.42 Å². The van der Waals surface area contributed by atoms with Gasteiger partial charge in [-0.2, -0.15) is 5.26 Å². The van der Waals surface area contributed by atoms with Gasteiger partial charge in [0.25, 0.3) is 5.91 Å². The number of nitriles is 1. The molecule has 128 valence electrons. The lowest BCUT2D eigenvalue weighted by Gasteiger charge is -2.14. The highest BCUT2D eigenvalue weighted by Crippen LogP contribution is 2.14. The number of ether oxygens (including phenoxy) is 2. The smallest absolute Gasteiger partial charge is 0.311 e. The summed E-state index contributed by atoms with van der Waals surface area (Å²) in [5.41, 5.74) is 1.76. The van der Waals surface area contributed by atoms with Crippen molar-refractivity contribution < 1.29 is 19.1 Å². The summed E-state index contributed by atoms with van der Waals surface area (Å²) in [6.45, 7) is 1.50. The molecule has 0 saturated carbocycles. The van der Waals surface area contributed by atoms with E-state index in [2.05, 4.69) is 5.32 Å². The molecule has 0 aliphatic rings. The van der Waals surface area contributed by atoms with Crippen LogP contribution in [0.1, 0.15) is 18.1 Å². The lowest BCUT2D eigenvalue weighted by Crippen LogP contribution is -2.30. The second-order valence-electron chi connectivity index (χ2n) is 5.34. The van der Waals surface area contributed by atoms with E-state index in [1.165, 1.54) is 6.92 Å². The Morgan fingerprint density at radius 2 is 1.92 bits per heavy atom. The highest BCUT2D eigenvalue weighted by Gasteiger charge is 2.18. The number of methoxy groups -OCH3 is 1. The Kier molecular flexibility index (Phi) is 6.13. The van der Waals surface area contributed by atoms with Crippen molar-refractivity contribution in [2.24, 2.45) is 0 Å². The largest absolute Gasteiger partial charge is 0.497 e. The van der Waals surface area contributed by atoms with Crippen LogP contribution in [-0.2, 0) is 20.7 Å². The van der Waals surface area contributed by atoms with Crippen molar-refractivity contribution in [1.82, 2.24) is 0 Å². The molecule has 0 heterocycles. The topological polar surface area (TPSA) is 88.4 Å². The summed E-state index contributed by atoms with van der Waals surface area (Å²) in [6.07, 6.45) is -0.889. The molecule has 0 aromatic heterocycles. The van der Waals surface area contributed by atoms with Crippen LogP contribution in [0.15, 0.2) is 48.5 Å². The van der Waals surface area contributed by atoms with Gasteiger partial charge < -0.3 is 14.8 Å². The first-order valence-corrected chi connectivity index (χ1v) is 7.65. The van der Waals surface area contributed by atoms with Crippen LogP contribution in [0.4, 0.5) is 5.69 Å².